The first kappa shape index (κ1) is 26.4. The summed E-state index contributed by atoms with van der Waals surface area (Å²) in [4.78, 5) is 4.70. The molecule has 3 heteroatoms. The lowest BCUT2D eigenvalue weighted by molar-refractivity contribution is -0.936. The molecule has 0 fully saturated rings. The molecule has 0 saturated carbocycles. The van der Waals surface area contributed by atoms with Gasteiger partial charge in [0.1, 0.15) is 13.1 Å². The van der Waals surface area contributed by atoms with Crippen molar-refractivity contribution in [1.82, 2.24) is 0 Å². The van der Waals surface area contributed by atoms with Gasteiger partial charge in [0.15, 0.2) is 6.17 Å². The van der Waals surface area contributed by atoms with Gasteiger partial charge in [-0.05, 0) is 32.6 Å². The van der Waals surface area contributed by atoms with Crippen molar-refractivity contribution in [2.45, 2.75) is 123 Å². The number of quaternary nitrogens is 1. The van der Waals surface area contributed by atoms with E-state index in [4.69, 9.17) is 4.99 Å². The Bertz CT molecular complexity index is 421. The maximum absolute atomic E-state index is 9.38. The van der Waals surface area contributed by atoms with Crippen molar-refractivity contribution in [3.63, 3.8) is 0 Å². The fourth-order valence-corrected chi connectivity index (χ4v) is 4.64. The average Bonchev–Trinajstić information content (AvgIpc) is 3.13. The maximum Gasteiger partial charge on any atom is 0.182 e. The second-order valence-electron chi connectivity index (χ2n) is 9.06. The van der Waals surface area contributed by atoms with Crippen LogP contribution < -0.4 is 0 Å². The molecular formula is C26H51N2O+. The van der Waals surface area contributed by atoms with E-state index in [1.165, 1.54) is 96.3 Å². The van der Waals surface area contributed by atoms with E-state index in [0.29, 0.717) is 6.17 Å². The lowest BCUT2D eigenvalue weighted by Crippen LogP contribution is -2.53. The molecule has 1 aliphatic rings. The van der Waals surface area contributed by atoms with E-state index >= 15 is 0 Å². The summed E-state index contributed by atoms with van der Waals surface area (Å²) in [5.74, 6) is 0. The SMILES string of the molecule is CCCCCCCCCCCCCC/C=C/CCCC1N=CC[N+]1(CC)CCO. The second kappa shape index (κ2) is 18.1. The minimum absolute atomic E-state index is 0.270. The van der Waals surface area contributed by atoms with Crippen molar-refractivity contribution in [2.75, 3.05) is 26.2 Å². The summed E-state index contributed by atoms with van der Waals surface area (Å²) in [6, 6.07) is 0. The van der Waals surface area contributed by atoms with Gasteiger partial charge in [0.05, 0.1) is 19.4 Å². The van der Waals surface area contributed by atoms with Crippen molar-refractivity contribution >= 4 is 6.21 Å². The van der Waals surface area contributed by atoms with E-state index in [-0.39, 0.29) is 6.61 Å². The number of hydrogen-bond donors (Lipinski definition) is 1. The second-order valence-corrected chi connectivity index (χ2v) is 9.06. The fraction of sp³-hybridized carbons (Fsp3) is 0.885. The summed E-state index contributed by atoms with van der Waals surface area (Å²) in [5, 5.41) is 9.38. The molecule has 0 aliphatic carbocycles. The number of aliphatic hydroxyl groups is 1. The molecule has 0 aromatic carbocycles. The van der Waals surface area contributed by atoms with Crippen LogP contribution in [-0.2, 0) is 0 Å². The van der Waals surface area contributed by atoms with Crippen LogP contribution in [0.3, 0.4) is 0 Å². The Morgan fingerprint density at radius 3 is 1.93 bits per heavy atom. The van der Waals surface area contributed by atoms with Gasteiger partial charge >= 0.3 is 0 Å². The van der Waals surface area contributed by atoms with Crippen molar-refractivity contribution in [3.05, 3.63) is 12.2 Å². The molecule has 1 aliphatic heterocycles. The summed E-state index contributed by atoms with van der Waals surface area (Å²) >= 11 is 0. The molecule has 3 nitrogen and oxygen atoms in total. The zero-order valence-corrected chi connectivity index (χ0v) is 19.8. The van der Waals surface area contributed by atoms with Crippen LogP contribution in [0.15, 0.2) is 17.1 Å². The monoisotopic (exact) mass is 407 g/mol. The first-order valence-corrected chi connectivity index (χ1v) is 12.9. The largest absolute Gasteiger partial charge is 0.391 e. The van der Waals surface area contributed by atoms with Crippen molar-refractivity contribution < 1.29 is 9.59 Å². The van der Waals surface area contributed by atoms with Gasteiger partial charge in [-0.25, -0.2) is 4.99 Å². The van der Waals surface area contributed by atoms with E-state index in [9.17, 15) is 5.11 Å². The molecule has 2 unspecified atom stereocenters. The van der Waals surface area contributed by atoms with Crippen molar-refractivity contribution in [2.24, 2.45) is 4.99 Å². The quantitative estimate of drug-likeness (QED) is 0.131. The van der Waals surface area contributed by atoms with Crippen LogP contribution in [0.25, 0.3) is 0 Å². The van der Waals surface area contributed by atoms with Gasteiger partial charge in [-0.1, -0.05) is 89.7 Å². The molecule has 2 atom stereocenters. The first-order valence-electron chi connectivity index (χ1n) is 12.9. The normalized spacial score (nSPS) is 21.6. The highest BCUT2D eigenvalue weighted by Crippen LogP contribution is 2.23. The van der Waals surface area contributed by atoms with Crippen LogP contribution in [0, 0.1) is 0 Å². The van der Waals surface area contributed by atoms with E-state index in [0.717, 1.165) is 30.5 Å². The fourth-order valence-electron chi connectivity index (χ4n) is 4.64. The third kappa shape index (κ3) is 11.9. The number of aliphatic hydroxyl groups excluding tert-OH is 1. The Hall–Kier alpha value is -0.670. The Morgan fingerprint density at radius 1 is 0.828 bits per heavy atom. The minimum Gasteiger partial charge on any atom is -0.391 e. The predicted molar refractivity (Wildman–Crippen MR) is 129 cm³/mol. The number of unbranched alkanes of at least 4 members (excludes halogenated alkanes) is 13. The number of nitrogens with zero attached hydrogens (tertiary/aromatic N) is 2. The first-order chi connectivity index (χ1) is 14.3. The highest BCUT2D eigenvalue weighted by atomic mass is 16.3. The number of aliphatic imine (C=N–C) groups is 1. The van der Waals surface area contributed by atoms with E-state index in [1.54, 1.807) is 0 Å². The molecule has 0 aromatic heterocycles. The molecule has 1 heterocycles. The summed E-state index contributed by atoms with van der Waals surface area (Å²) in [7, 11) is 0. The molecule has 29 heavy (non-hydrogen) atoms. The molecule has 0 radical (unpaired) electrons. The number of rotatable bonds is 20. The molecule has 0 aromatic rings. The highest BCUT2D eigenvalue weighted by Gasteiger charge is 2.36. The molecule has 0 spiro atoms. The minimum atomic E-state index is 0.270. The van der Waals surface area contributed by atoms with Gasteiger partial charge in [0, 0.05) is 6.42 Å². The van der Waals surface area contributed by atoms with Crippen LogP contribution in [0.5, 0.6) is 0 Å². The third-order valence-electron chi connectivity index (χ3n) is 6.75. The van der Waals surface area contributed by atoms with Gasteiger partial charge < -0.3 is 5.11 Å². The summed E-state index contributed by atoms with van der Waals surface area (Å²) < 4.78 is 0.957. The zero-order chi connectivity index (χ0) is 21.0. The Labute approximate surface area is 182 Å². The Morgan fingerprint density at radius 2 is 1.38 bits per heavy atom. The van der Waals surface area contributed by atoms with Crippen LogP contribution >= 0.6 is 0 Å². The summed E-state index contributed by atoms with van der Waals surface area (Å²) in [6.07, 6.45) is 29.1. The van der Waals surface area contributed by atoms with Crippen LogP contribution in [-0.4, -0.2) is 48.2 Å². The van der Waals surface area contributed by atoms with E-state index < -0.39 is 0 Å². The Kier molecular flexibility index (Phi) is 16.5. The molecule has 1 N–H and O–H groups in total. The van der Waals surface area contributed by atoms with Crippen LogP contribution in [0.4, 0.5) is 0 Å². The van der Waals surface area contributed by atoms with Crippen LogP contribution in [0.1, 0.15) is 117 Å². The molecule has 1 rings (SSSR count). The van der Waals surface area contributed by atoms with Crippen LogP contribution in [0.2, 0.25) is 0 Å². The van der Waals surface area contributed by atoms with Gasteiger partial charge in [-0.2, -0.15) is 0 Å². The predicted octanol–water partition coefficient (Wildman–Crippen LogP) is 7.04. The molecule has 0 bridgehead atoms. The van der Waals surface area contributed by atoms with Crippen molar-refractivity contribution in [1.29, 1.82) is 0 Å². The third-order valence-corrected chi connectivity index (χ3v) is 6.75. The standard InChI is InChI=1S/C26H51N2O/c1-3-5-6-7-8-9-10-11-12-13-14-15-16-17-18-19-20-21-26-27-22-23-28(26,4-2)24-25-29/h17-18,22,26,29H,3-16,19-21,23-25H2,1-2H3/q+1/b18-17+. The van der Waals surface area contributed by atoms with Gasteiger partial charge in [-0.15, -0.1) is 0 Å². The molecule has 0 amide bonds. The number of likely N-dealkylation sites (N-methyl/N-ethyl adjacent to an activating group) is 1. The molecule has 170 valence electrons. The Balaban J connectivity index is 1.89. The van der Waals surface area contributed by atoms with Crippen molar-refractivity contribution in [3.8, 4) is 0 Å². The smallest absolute Gasteiger partial charge is 0.182 e. The highest BCUT2D eigenvalue weighted by molar-refractivity contribution is 5.60. The lowest BCUT2D eigenvalue weighted by Gasteiger charge is -2.37. The van der Waals surface area contributed by atoms with E-state index in [2.05, 4.69) is 32.2 Å². The molecule has 0 saturated heterocycles. The maximum atomic E-state index is 9.38. The zero-order valence-electron chi connectivity index (χ0n) is 19.8. The van der Waals surface area contributed by atoms with E-state index in [1.807, 2.05) is 0 Å². The topological polar surface area (TPSA) is 32.6 Å². The number of hydrogen-bond acceptors (Lipinski definition) is 2. The summed E-state index contributed by atoms with van der Waals surface area (Å²) in [6.45, 7) is 7.70. The van der Waals surface area contributed by atoms with Gasteiger partial charge in [-0.3, -0.25) is 4.48 Å². The van der Waals surface area contributed by atoms with Gasteiger partial charge in [0.25, 0.3) is 0 Å². The molecular weight excluding hydrogens is 356 g/mol. The number of allylic oxidation sites excluding steroid dienone is 2. The lowest BCUT2D eigenvalue weighted by atomic mass is 10.0. The average molecular weight is 408 g/mol. The summed E-state index contributed by atoms with van der Waals surface area (Å²) in [5.41, 5.74) is 0. The van der Waals surface area contributed by atoms with Gasteiger partial charge in [0.2, 0.25) is 0 Å².